The molecule has 0 aliphatic carbocycles. The zero-order valence-corrected chi connectivity index (χ0v) is 3.61. The average molecular weight is 107 g/mol. The highest BCUT2D eigenvalue weighted by Gasteiger charge is 2.17. The lowest BCUT2D eigenvalue weighted by molar-refractivity contribution is 0.0326. The fraction of sp³-hybridized carbons (Fsp3) is 0.667. The lowest BCUT2D eigenvalue weighted by Crippen LogP contribution is -2.02. The van der Waals surface area contributed by atoms with E-state index in [0.29, 0.717) is 6.92 Å². The summed E-state index contributed by atoms with van der Waals surface area (Å²) in [6.07, 6.45) is 0.733. The summed E-state index contributed by atoms with van der Waals surface area (Å²) >= 11 is 0. The van der Waals surface area contributed by atoms with Gasteiger partial charge in [-0.15, -0.1) is 4.99 Å². The molecule has 0 saturated heterocycles. The number of hydrogen-bond acceptors (Lipinski definition) is 2. The summed E-state index contributed by atoms with van der Waals surface area (Å²) in [7, 11) is 0. The van der Waals surface area contributed by atoms with Crippen LogP contribution in [0.25, 0.3) is 0 Å². The molecule has 0 bridgehead atoms. The molecule has 4 heteroatoms. The molecule has 2 nitrogen and oxygen atoms in total. The molecule has 40 valence electrons. The summed E-state index contributed by atoms with van der Waals surface area (Å²) in [6, 6.07) is -3.25. The van der Waals surface area contributed by atoms with Crippen LogP contribution in [0.15, 0.2) is 4.99 Å². The Bertz CT molecular complexity index is 100.0. The van der Waals surface area contributed by atoms with E-state index in [2.05, 4.69) is 4.99 Å². The van der Waals surface area contributed by atoms with Crippen LogP contribution < -0.4 is 0 Å². The van der Waals surface area contributed by atoms with Gasteiger partial charge in [-0.1, -0.05) is 0 Å². The molecule has 0 aliphatic heterocycles. The van der Waals surface area contributed by atoms with E-state index >= 15 is 0 Å². The van der Waals surface area contributed by atoms with Crippen molar-refractivity contribution in [1.29, 1.82) is 0 Å². The molecule has 0 N–H and O–H groups in total. The van der Waals surface area contributed by atoms with E-state index in [1.54, 1.807) is 0 Å². The third-order valence-corrected chi connectivity index (χ3v) is 0.242. The smallest absolute Gasteiger partial charge is 0.211 e. The standard InChI is InChI=1S/C3H3F2NO/c1-3(4,5)6-2-7/h1H3. The largest absolute Gasteiger partial charge is 0.349 e. The van der Waals surface area contributed by atoms with Crippen LogP contribution in [-0.4, -0.2) is 12.1 Å². The maximum Gasteiger partial charge on any atom is 0.349 e. The molecular formula is C3H3F2NO. The van der Waals surface area contributed by atoms with E-state index < -0.39 is 6.05 Å². The number of nitrogens with zero attached hydrogens (tertiary/aromatic N) is 1. The minimum absolute atomic E-state index is 0.512. The number of isocyanates is 1. The van der Waals surface area contributed by atoms with Crippen molar-refractivity contribution < 1.29 is 13.6 Å². The van der Waals surface area contributed by atoms with Gasteiger partial charge in [0.25, 0.3) is 0 Å². The van der Waals surface area contributed by atoms with Gasteiger partial charge in [-0.2, -0.15) is 8.78 Å². The molecule has 0 aliphatic rings. The number of rotatable bonds is 1. The molecule has 0 spiro atoms. The molecule has 0 aromatic heterocycles. The first-order chi connectivity index (χ1) is 3.06. The SMILES string of the molecule is CC(F)(F)N=C=O. The van der Waals surface area contributed by atoms with Crippen LogP contribution in [0.5, 0.6) is 0 Å². The van der Waals surface area contributed by atoms with E-state index in [4.69, 9.17) is 4.79 Å². The summed E-state index contributed by atoms with van der Waals surface area (Å²) in [4.78, 5) is 11.2. The van der Waals surface area contributed by atoms with Gasteiger partial charge in [0.05, 0.1) is 0 Å². The maximum absolute atomic E-state index is 11.3. The highest BCUT2D eigenvalue weighted by atomic mass is 19.3. The van der Waals surface area contributed by atoms with Crippen molar-refractivity contribution in [1.82, 2.24) is 0 Å². The average Bonchev–Trinajstić information content (AvgIpc) is 1.30. The van der Waals surface area contributed by atoms with E-state index in [1.807, 2.05) is 0 Å². The molecule has 0 aromatic carbocycles. The molecule has 0 aromatic rings. The molecule has 7 heavy (non-hydrogen) atoms. The first-order valence-corrected chi connectivity index (χ1v) is 1.53. The summed E-state index contributed by atoms with van der Waals surface area (Å²) < 4.78 is 22.6. The Labute approximate surface area is 38.9 Å². The molecule has 0 unspecified atom stereocenters. The Morgan fingerprint density at radius 3 is 2.14 bits per heavy atom. The number of hydrogen-bond donors (Lipinski definition) is 0. The first kappa shape index (κ1) is 6.24. The monoisotopic (exact) mass is 107 g/mol. The zero-order chi connectivity index (χ0) is 5.91. The van der Waals surface area contributed by atoms with Crippen molar-refractivity contribution in [2.45, 2.75) is 13.0 Å². The van der Waals surface area contributed by atoms with Gasteiger partial charge in [0.2, 0.25) is 6.08 Å². The van der Waals surface area contributed by atoms with Gasteiger partial charge in [-0.3, -0.25) is 0 Å². The van der Waals surface area contributed by atoms with Gasteiger partial charge in [0, 0.05) is 6.92 Å². The number of alkyl halides is 2. The van der Waals surface area contributed by atoms with Crippen LogP contribution in [0.3, 0.4) is 0 Å². The van der Waals surface area contributed by atoms with Crippen LogP contribution >= 0.6 is 0 Å². The lowest BCUT2D eigenvalue weighted by Gasteiger charge is -1.94. The van der Waals surface area contributed by atoms with Crippen molar-refractivity contribution in [3.8, 4) is 0 Å². The molecule has 0 saturated carbocycles. The lowest BCUT2D eigenvalue weighted by atomic mass is 10.7. The fourth-order valence-corrected chi connectivity index (χ4v) is 0.0801. The second-order valence-corrected chi connectivity index (χ2v) is 1.05. The van der Waals surface area contributed by atoms with Gasteiger partial charge in [-0.25, -0.2) is 4.79 Å². The minimum atomic E-state index is -3.25. The third-order valence-electron chi connectivity index (χ3n) is 0.242. The number of carbonyl (C=O) groups excluding carboxylic acids is 1. The Balaban J connectivity index is 3.80. The Kier molecular flexibility index (Phi) is 1.60. The van der Waals surface area contributed by atoms with Crippen molar-refractivity contribution >= 4 is 6.08 Å². The molecule has 0 heterocycles. The van der Waals surface area contributed by atoms with Crippen LogP contribution in [0, 0.1) is 0 Å². The van der Waals surface area contributed by atoms with Crippen LogP contribution in [0.4, 0.5) is 8.78 Å². The van der Waals surface area contributed by atoms with Gasteiger partial charge in [0.15, 0.2) is 0 Å². The Hall–Kier alpha value is -0.760. The van der Waals surface area contributed by atoms with E-state index in [-0.39, 0.29) is 0 Å². The molecule has 0 radical (unpaired) electrons. The summed E-state index contributed by atoms with van der Waals surface area (Å²) in [6.45, 7) is 0.512. The van der Waals surface area contributed by atoms with Crippen molar-refractivity contribution in [3.63, 3.8) is 0 Å². The second-order valence-electron chi connectivity index (χ2n) is 1.05. The Morgan fingerprint density at radius 1 is 1.71 bits per heavy atom. The molecule has 0 rings (SSSR count). The summed E-state index contributed by atoms with van der Waals surface area (Å²) in [5.41, 5.74) is 0. The van der Waals surface area contributed by atoms with Crippen LogP contribution in [-0.2, 0) is 4.79 Å². The third kappa shape index (κ3) is 5.24. The van der Waals surface area contributed by atoms with Crippen LogP contribution in [0.1, 0.15) is 6.92 Å². The normalized spacial score (nSPS) is 10.1. The van der Waals surface area contributed by atoms with Gasteiger partial charge < -0.3 is 0 Å². The fourth-order valence-electron chi connectivity index (χ4n) is 0.0801. The predicted molar refractivity (Wildman–Crippen MR) is 18.7 cm³/mol. The maximum atomic E-state index is 11.3. The minimum Gasteiger partial charge on any atom is -0.211 e. The highest BCUT2D eigenvalue weighted by molar-refractivity contribution is 5.33. The quantitative estimate of drug-likeness (QED) is 0.278. The van der Waals surface area contributed by atoms with Gasteiger partial charge >= 0.3 is 6.05 Å². The van der Waals surface area contributed by atoms with Crippen molar-refractivity contribution in [2.75, 3.05) is 0 Å². The summed E-state index contributed by atoms with van der Waals surface area (Å²) in [5, 5.41) is 0. The van der Waals surface area contributed by atoms with Gasteiger partial charge in [-0.05, 0) is 0 Å². The van der Waals surface area contributed by atoms with E-state index in [9.17, 15) is 8.78 Å². The second kappa shape index (κ2) is 1.80. The van der Waals surface area contributed by atoms with Crippen molar-refractivity contribution in [3.05, 3.63) is 0 Å². The van der Waals surface area contributed by atoms with Crippen molar-refractivity contribution in [2.24, 2.45) is 4.99 Å². The summed E-state index contributed by atoms with van der Waals surface area (Å²) in [5.74, 6) is 0. The van der Waals surface area contributed by atoms with E-state index in [0.717, 1.165) is 6.08 Å². The predicted octanol–water partition coefficient (Wildman–Crippen LogP) is 0.935. The molecule has 0 amide bonds. The van der Waals surface area contributed by atoms with E-state index in [1.165, 1.54) is 0 Å². The molecule has 0 fully saturated rings. The Morgan fingerprint density at radius 2 is 2.14 bits per heavy atom. The molecular weight excluding hydrogens is 104 g/mol. The zero-order valence-electron chi connectivity index (χ0n) is 3.61. The molecule has 0 atom stereocenters. The topological polar surface area (TPSA) is 29.4 Å². The number of halogens is 2. The first-order valence-electron chi connectivity index (χ1n) is 1.53. The van der Waals surface area contributed by atoms with Crippen LogP contribution in [0.2, 0.25) is 0 Å². The highest BCUT2D eigenvalue weighted by Crippen LogP contribution is 2.10. The van der Waals surface area contributed by atoms with Gasteiger partial charge in [0.1, 0.15) is 0 Å². The number of aliphatic imine (C=N–C) groups is 1.